The van der Waals surface area contributed by atoms with E-state index in [1.165, 1.54) is 14.2 Å². The zero-order chi connectivity index (χ0) is 15.9. The van der Waals surface area contributed by atoms with E-state index in [4.69, 9.17) is 15.2 Å². The van der Waals surface area contributed by atoms with Gasteiger partial charge in [-0.25, -0.2) is 0 Å². The van der Waals surface area contributed by atoms with Gasteiger partial charge in [-0.15, -0.1) is 0 Å². The Bertz CT molecular complexity index is 456. The van der Waals surface area contributed by atoms with E-state index >= 15 is 0 Å². The third-order valence-corrected chi connectivity index (χ3v) is 5.25. The van der Waals surface area contributed by atoms with Crippen LogP contribution in [0.15, 0.2) is 12.1 Å². The summed E-state index contributed by atoms with van der Waals surface area (Å²) in [6, 6.07) is 3.43. The number of hydrogen-bond acceptors (Lipinski definition) is 3. The second kappa shape index (κ2) is 8.57. The molecule has 0 amide bonds. The van der Waals surface area contributed by atoms with Crippen LogP contribution in [0, 0.1) is 0 Å². The maximum atomic E-state index is 14.0. The van der Waals surface area contributed by atoms with Gasteiger partial charge in [0.25, 0.3) is 0 Å². The molecular formula is C15H23F2NO2Se. The SMILES string of the molecule is CCCCC(F)(F)[Se]c1cc(OC)c(CCN)cc1OC. The molecule has 1 aromatic carbocycles. The average molecular weight is 366 g/mol. The third-order valence-electron chi connectivity index (χ3n) is 3.06. The molecule has 120 valence electrons. The Labute approximate surface area is 131 Å². The van der Waals surface area contributed by atoms with E-state index in [0.717, 1.165) is 12.0 Å². The fraction of sp³-hybridized carbons (Fsp3) is 0.600. The van der Waals surface area contributed by atoms with Gasteiger partial charge in [-0.2, -0.15) is 0 Å². The van der Waals surface area contributed by atoms with E-state index in [1.54, 1.807) is 12.1 Å². The van der Waals surface area contributed by atoms with Crippen molar-refractivity contribution in [1.29, 1.82) is 0 Å². The molecule has 1 aromatic rings. The maximum absolute atomic E-state index is 14.0. The number of unbranched alkanes of at least 4 members (excludes halogenated alkanes) is 1. The molecule has 0 bridgehead atoms. The van der Waals surface area contributed by atoms with Crippen LogP contribution in [0.5, 0.6) is 11.5 Å². The van der Waals surface area contributed by atoms with Gasteiger partial charge in [0.05, 0.1) is 0 Å². The molecule has 3 nitrogen and oxygen atoms in total. The van der Waals surface area contributed by atoms with E-state index in [1.807, 2.05) is 6.92 Å². The molecule has 0 aliphatic heterocycles. The van der Waals surface area contributed by atoms with E-state index in [-0.39, 0.29) is 6.42 Å². The molecule has 2 N–H and O–H groups in total. The summed E-state index contributed by atoms with van der Waals surface area (Å²) in [5.74, 6) is 1.10. The van der Waals surface area contributed by atoms with Crippen LogP contribution in [0.4, 0.5) is 8.78 Å². The second-order valence-corrected chi connectivity index (χ2v) is 7.30. The molecule has 0 saturated carbocycles. The fourth-order valence-corrected chi connectivity index (χ4v) is 4.01. The molecule has 0 unspecified atom stereocenters. The predicted octanol–water partition coefficient (Wildman–Crippen LogP) is 2.32. The summed E-state index contributed by atoms with van der Waals surface area (Å²) in [6.45, 7) is 2.38. The summed E-state index contributed by atoms with van der Waals surface area (Å²) >= 11 is -0.984. The van der Waals surface area contributed by atoms with E-state index in [2.05, 4.69) is 0 Å². The topological polar surface area (TPSA) is 44.5 Å². The molecular weight excluding hydrogens is 343 g/mol. The third kappa shape index (κ3) is 5.45. The summed E-state index contributed by atoms with van der Waals surface area (Å²) < 4.78 is 39.1. The summed E-state index contributed by atoms with van der Waals surface area (Å²) in [4.78, 5) is -2.67. The summed E-state index contributed by atoms with van der Waals surface area (Å²) in [6.07, 6.45) is 1.83. The van der Waals surface area contributed by atoms with Crippen LogP contribution in [-0.4, -0.2) is 40.5 Å². The van der Waals surface area contributed by atoms with Crippen LogP contribution in [0.2, 0.25) is 0 Å². The van der Waals surface area contributed by atoms with Crippen LogP contribution in [0.3, 0.4) is 0 Å². The van der Waals surface area contributed by atoms with Crippen LogP contribution in [0.1, 0.15) is 31.7 Å². The Morgan fingerprint density at radius 2 is 1.86 bits per heavy atom. The standard InChI is InChI=1S/C15H23F2NO2Se/c1-4-5-7-15(16,17)21-14-10-12(19-2)11(6-8-18)9-13(14)20-3/h9-10H,4-8,18H2,1-3H3. The van der Waals surface area contributed by atoms with Gasteiger partial charge in [0.2, 0.25) is 0 Å². The van der Waals surface area contributed by atoms with Gasteiger partial charge in [0, 0.05) is 0 Å². The first-order valence-corrected chi connectivity index (χ1v) is 8.70. The van der Waals surface area contributed by atoms with Gasteiger partial charge in [-0.3, -0.25) is 0 Å². The summed E-state index contributed by atoms with van der Waals surface area (Å²) in [5, 5.41) is 0. The summed E-state index contributed by atoms with van der Waals surface area (Å²) in [5.41, 5.74) is 6.44. The number of methoxy groups -OCH3 is 2. The van der Waals surface area contributed by atoms with E-state index in [9.17, 15) is 8.78 Å². The Hall–Kier alpha value is -0.841. The Morgan fingerprint density at radius 3 is 2.38 bits per heavy atom. The molecule has 0 saturated heterocycles. The molecule has 0 heterocycles. The van der Waals surface area contributed by atoms with Crippen molar-refractivity contribution >= 4 is 19.4 Å². The van der Waals surface area contributed by atoms with Crippen molar-refractivity contribution in [3.05, 3.63) is 17.7 Å². The van der Waals surface area contributed by atoms with Crippen molar-refractivity contribution in [3.8, 4) is 11.5 Å². The Balaban J connectivity index is 3.05. The van der Waals surface area contributed by atoms with Crippen molar-refractivity contribution in [3.63, 3.8) is 0 Å². The van der Waals surface area contributed by atoms with Crippen molar-refractivity contribution in [2.75, 3.05) is 20.8 Å². The van der Waals surface area contributed by atoms with Crippen molar-refractivity contribution in [2.24, 2.45) is 5.73 Å². The number of ether oxygens (including phenoxy) is 2. The number of rotatable bonds is 9. The summed E-state index contributed by atoms with van der Waals surface area (Å²) in [7, 11) is 3.03. The quantitative estimate of drug-likeness (QED) is 0.683. The molecule has 0 radical (unpaired) electrons. The van der Waals surface area contributed by atoms with Crippen molar-refractivity contribution < 1.29 is 18.3 Å². The number of nitrogens with two attached hydrogens (primary N) is 1. The monoisotopic (exact) mass is 367 g/mol. The molecule has 0 atom stereocenters. The zero-order valence-corrected chi connectivity index (χ0v) is 14.5. The average Bonchev–Trinajstić information content (AvgIpc) is 2.46. The number of benzene rings is 1. The van der Waals surface area contributed by atoms with Gasteiger partial charge in [0.15, 0.2) is 0 Å². The molecule has 0 aliphatic carbocycles. The zero-order valence-electron chi connectivity index (χ0n) is 12.7. The second-order valence-electron chi connectivity index (χ2n) is 4.70. The van der Waals surface area contributed by atoms with E-state index in [0.29, 0.717) is 35.3 Å². The van der Waals surface area contributed by atoms with Gasteiger partial charge in [0.1, 0.15) is 0 Å². The van der Waals surface area contributed by atoms with Crippen LogP contribution >= 0.6 is 0 Å². The molecule has 21 heavy (non-hydrogen) atoms. The van der Waals surface area contributed by atoms with E-state index < -0.39 is 19.8 Å². The van der Waals surface area contributed by atoms with Crippen molar-refractivity contribution in [1.82, 2.24) is 0 Å². The van der Waals surface area contributed by atoms with Gasteiger partial charge < -0.3 is 0 Å². The van der Waals surface area contributed by atoms with Gasteiger partial charge in [-0.1, -0.05) is 0 Å². The van der Waals surface area contributed by atoms with Gasteiger partial charge >= 0.3 is 131 Å². The first kappa shape index (κ1) is 18.2. The number of alkyl halides is 2. The van der Waals surface area contributed by atoms with Crippen molar-refractivity contribution in [2.45, 2.75) is 37.4 Å². The number of hydrogen-bond donors (Lipinski definition) is 1. The minimum atomic E-state index is -2.67. The molecule has 0 spiro atoms. The molecule has 1 rings (SSSR count). The Kier molecular flexibility index (Phi) is 7.43. The van der Waals surface area contributed by atoms with Crippen LogP contribution in [-0.2, 0) is 6.42 Å². The first-order valence-electron chi connectivity index (χ1n) is 6.99. The van der Waals surface area contributed by atoms with Crippen LogP contribution in [0.25, 0.3) is 0 Å². The molecule has 0 aromatic heterocycles. The Morgan fingerprint density at radius 1 is 1.19 bits per heavy atom. The predicted molar refractivity (Wildman–Crippen MR) is 82.2 cm³/mol. The molecule has 6 heteroatoms. The van der Waals surface area contributed by atoms with Crippen LogP contribution < -0.4 is 19.7 Å². The normalized spacial score (nSPS) is 11.5. The molecule has 0 fully saturated rings. The fourth-order valence-electron chi connectivity index (χ4n) is 1.96. The number of halogens is 2. The first-order chi connectivity index (χ1) is 9.97. The molecule has 0 aliphatic rings. The van der Waals surface area contributed by atoms with Gasteiger partial charge in [-0.05, 0) is 0 Å². The minimum absolute atomic E-state index is 0.0838.